The molecule has 0 unspecified atom stereocenters. The lowest BCUT2D eigenvalue weighted by Gasteiger charge is -1.80. The fourth-order valence-corrected chi connectivity index (χ4v) is 0.158. The van der Waals surface area contributed by atoms with E-state index in [1.165, 1.54) is 6.29 Å². The highest BCUT2D eigenvalue weighted by molar-refractivity contribution is 6.41. The van der Waals surface area contributed by atoms with E-state index in [-0.39, 0.29) is 0 Å². The normalized spacial score (nSPS) is 10.9. The number of carbonyl (C=O) groups excluding carboxylic acids is 1. The number of hydrogen-bond acceptors (Lipinski definition) is 2. The summed E-state index contributed by atoms with van der Waals surface area (Å²) < 4.78 is 0. The summed E-state index contributed by atoms with van der Waals surface area (Å²) >= 11 is 4.91. The highest BCUT2D eigenvalue weighted by Gasteiger charge is 1.99. The average Bonchev–Trinajstić information content (AvgIpc) is 1.67. The van der Waals surface area contributed by atoms with Crippen LogP contribution in [0.3, 0.4) is 0 Å². The first-order chi connectivity index (χ1) is 3.68. The van der Waals surface area contributed by atoms with Crippen LogP contribution in [0.1, 0.15) is 0 Å². The Balaban J connectivity index is 3.99. The van der Waals surface area contributed by atoms with Crippen LogP contribution < -0.4 is 0 Å². The van der Waals surface area contributed by atoms with E-state index in [0.29, 0.717) is 6.08 Å². The molecule has 0 aliphatic rings. The van der Waals surface area contributed by atoms with Crippen molar-refractivity contribution < 1.29 is 14.7 Å². The Kier molecular flexibility index (Phi) is 2.88. The lowest BCUT2D eigenvalue weighted by atomic mass is 10.5. The Morgan fingerprint density at radius 2 is 2.25 bits per heavy atom. The minimum Gasteiger partial charge on any atom is -0.477 e. The van der Waals surface area contributed by atoms with Gasteiger partial charge < -0.3 is 5.11 Å². The standard InChI is InChI=1S/C4H2ClO3/c5-3(1-2-6)4(7)8/h1H,(H,7,8)/b3-1-. The van der Waals surface area contributed by atoms with Gasteiger partial charge in [0, 0.05) is 6.08 Å². The van der Waals surface area contributed by atoms with Gasteiger partial charge in [-0.25, -0.2) is 4.79 Å². The van der Waals surface area contributed by atoms with Gasteiger partial charge in [-0.3, -0.25) is 4.79 Å². The molecule has 8 heavy (non-hydrogen) atoms. The summed E-state index contributed by atoms with van der Waals surface area (Å²) in [4.78, 5) is 19.1. The fourth-order valence-electron chi connectivity index (χ4n) is 0.113. The maximum Gasteiger partial charge on any atom is 0.347 e. The first kappa shape index (κ1) is 7.17. The average molecular weight is 134 g/mol. The van der Waals surface area contributed by atoms with Crippen molar-refractivity contribution in [2.24, 2.45) is 0 Å². The number of carboxylic acid groups (broad SMARTS) is 1. The van der Waals surface area contributed by atoms with Crippen LogP contribution in [0.15, 0.2) is 11.1 Å². The summed E-state index contributed by atoms with van der Waals surface area (Å²) in [6.07, 6.45) is 1.87. The minimum absolute atomic E-state index is 0.528. The molecular weight excluding hydrogens is 131 g/mol. The van der Waals surface area contributed by atoms with E-state index >= 15 is 0 Å². The van der Waals surface area contributed by atoms with E-state index in [2.05, 4.69) is 0 Å². The smallest absolute Gasteiger partial charge is 0.347 e. The number of carboxylic acids is 1. The van der Waals surface area contributed by atoms with Gasteiger partial charge in [0.1, 0.15) is 5.03 Å². The van der Waals surface area contributed by atoms with Gasteiger partial charge in [0.05, 0.1) is 0 Å². The zero-order chi connectivity index (χ0) is 6.57. The molecule has 0 aromatic rings. The van der Waals surface area contributed by atoms with E-state index in [9.17, 15) is 9.59 Å². The second-order valence-corrected chi connectivity index (χ2v) is 1.32. The van der Waals surface area contributed by atoms with E-state index in [1.54, 1.807) is 0 Å². The fraction of sp³-hybridized carbons (Fsp3) is 0. The highest BCUT2D eigenvalue weighted by Crippen LogP contribution is 1.97. The van der Waals surface area contributed by atoms with Crippen LogP contribution in [0.4, 0.5) is 0 Å². The van der Waals surface area contributed by atoms with Crippen LogP contribution in [0.25, 0.3) is 0 Å². The van der Waals surface area contributed by atoms with Gasteiger partial charge in [0.2, 0.25) is 6.29 Å². The number of aliphatic carboxylic acids is 1. The largest absolute Gasteiger partial charge is 0.477 e. The molecule has 0 aromatic heterocycles. The molecule has 0 heterocycles. The molecule has 0 spiro atoms. The van der Waals surface area contributed by atoms with Crippen molar-refractivity contribution in [3.8, 4) is 0 Å². The van der Waals surface area contributed by atoms with Gasteiger partial charge in [-0.1, -0.05) is 11.6 Å². The molecule has 0 aromatic carbocycles. The number of carbonyl (C=O) groups is 1. The molecule has 0 aliphatic heterocycles. The Hall–Kier alpha value is -0.830. The Labute approximate surface area is 50.6 Å². The summed E-state index contributed by atoms with van der Waals surface area (Å²) in [6.45, 7) is 0. The molecule has 3 nitrogen and oxygen atoms in total. The van der Waals surface area contributed by atoms with Crippen LogP contribution in [-0.4, -0.2) is 17.4 Å². The molecule has 0 rings (SSSR count). The zero-order valence-electron chi connectivity index (χ0n) is 3.72. The molecule has 0 saturated heterocycles. The summed E-state index contributed by atoms with van der Waals surface area (Å²) in [5, 5.41) is 7.41. The third-order valence-corrected chi connectivity index (χ3v) is 0.661. The van der Waals surface area contributed by atoms with Gasteiger partial charge in [-0.2, -0.15) is 0 Å². The number of allylic oxidation sites excluding steroid dienone is 1. The highest BCUT2D eigenvalue weighted by atomic mass is 35.5. The Morgan fingerprint density at radius 1 is 1.75 bits per heavy atom. The maximum atomic E-state index is 9.71. The summed E-state index contributed by atoms with van der Waals surface area (Å²) in [5.41, 5.74) is 0. The van der Waals surface area contributed by atoms with Gasteiger partial charge >= 0.3 is 5.97 Å². The number of rotatable bonds is 2. The molecule has 0 amide bonds. The monoisotopic (exact) mass is 133 g/mol. The molecular formula is C4H2ClO3. The van der Waals surface area contributed by atoms with Gasteiger partial charge in [0.25, 0.3) is 0 Å². The predicted octanol–water partition coefficient (Wildman–Crippen LogP) is 0.303. The summed E-state index contributed by atoms with van der Waals surface area (Å²) in [5.74, 6) is -1.32. The Morgan fingerprint density at radius 3 is 2.38 bits per heavy atom. The van der Waals surface area contributed by atoms with Crippen molar-refractivity contribution in [3.05, 3.63) is 11.1 Å². The van der Waals surface area contributed by atoms with Gasteiger partial charge in [0.15, 0.2) is 0 Å². The molecule has 0 saturated carbocycles. The lowest BCUT2D eigenvalue weighted by molar-refractivity contribution is -0.131. The number of halogens is 1. The maximum absolute atomic E-state index is 9.71. The van der Waals surface area contributed by atoms with E-state index < -0.39 is 11.0 Å². The van der Waals surface area contributed by atoms with Gasteiger partial charge in [-0.05, 0) is 0 Å². The van der Waals surface area contributed by atoms with Crippen LogP contribution >= 0.6 is 11.6 Å². The third kappa shape index (κ3) is 2.36. The molecule has 43 valence electrons. The molecule has 1 radical (unpaired) electrons. The van der Waals surface area contributed by atoms with E-state index in [4.69, 9.17) is 16.7 Å². The van der Waals surface area contributed by atoms with Crippen molar-refractivity contribution in [2.45, 2.75) is 0 Å². The van der Waals surface area contributed by atoms with Crippen molar-refractivity contribution in [2.75, 3.05) is 0 Å². The molecule has 0 fully saturated rings. The second-order valence-electron chi connectivity index (χ2n) is 0.915. The lowest BCUT2D eigenvalue weighted by Crippen LogP contribution is -1.92. The van der Waals surface area contributed by atoms with Crippen molar-refractivity contribution in [3.63, 3.8) is 0 Å². The SMILES string of the molecule is O=[C]/C=C(\Cl)C(=O)O. The van der Waals surface area contributed by atoms with E-state index in [1.807, 2.05) is 0 Å². The second kappa shape index (κ2) is 3.21. The Bertz CT molecular complexity index is 138. The van der Waals surface area contributed by atoms with Crippen molar-refractivity contribution in [1.29, 1.82) is 0 Å². The van der Waals surface area contributed by atoms with Crippen LogP contribution in [-0.2, 0) is 9.59 Å². The van der Waals surface area contributed by atoms with E-state index in [0.717, 1.165) is 0 Å². The molecule has 1 N–H and O–H groups in total. The van der Waals surface area contributed by atoms with Crippen molar-refractivity contribution in [1.82, 2.24) is 0 Å². The van der Waals surface area contributed by atoms with Crippen LogP contribution in [0, 0.1) is 0 Å². The summed E-state index contributed by atoms with van der Waals surface area (Å²) in [7, 11) is 0. The molecule has 0 atom stereocenters. The molecule has 0 aliphatic carbocycles. The zero-order valence-corrected chi connectivity index (χ0v) is 4.47. The topological polar surface area (TPSA) is 54.4 Å². The third-order valence-electron chi connectivity index (χ3n) is 0.390. The minimum atomic E-state index is -1.32. The molecule has 4 heteroatoms. The van der Waals surface area contributed by atoms with Crippen molar-refractivity contribution >= 4 is 23.9 Å². The number of hydrogen-bond donors (Lipinski definition) is 1. The molecule has 0 bridgehead atoms. The summed E-state index contributed by atoms with van der Waals surface area (Å²) in [6, 6.07) is 0. The first-order valence-corrected chi connectivity index (χ1v) is 2.03. The van der Waals surface area contributed by atoms with Crippen LogP contribution in [0.2, 0.25) is 0 Å². The first-order valence-electron chi connectivity index (χ1n) is 1.65. The van der Waals surface area contributed by atoms with Gasteiger partial charge in [-0.15, -0.1) is 0 Å². The quantitative estimate of drug-likeness (QED) is 0.552. The van der Waals surface area contributed by atoms with Crippen LogP contribution in [0.5, 0.6) is 0 Å². The predicted molar refractivity (Wildman–Crippen MR) is 27.3 cm³/mol.